The molecule has 18 heavy (non-hydrogen) atoms. The van der Waals surface area contributed by atoms with Crippen LogP contribution in [-0.4, -0.2) is 31.7 Å². The third-order valence-electron chi connectivity index (χ3n) is 2.96. The van der Waals surface area contributed by atoms with Gasteiger partial charge in [0, 0.05) is 11.0 Å². The van der Waals surface area contributed by atoms with Crippen LogP contribution >= 0.6 is 15.9 Å². The second kappa shape index (κ2) is 5.54. The Balaban J connectivity index is 2.13. The summed E-state index contributed by atoms with van der Waals surface area (Å²) < 4.78 is 27.7. The van der Waals surface area contributed by atoms with Crippen molar-refractivity contribution >= 4 is 31.8 Å². The van der Waals surface area contributed by atoms with Gasteiger partial charge in [0.15, 0.2) is 0 Å². The van der Waals surface area contributed by atoms with Crippen molar-refractivity contribution in [2.24, 2.45) is 0 Å². The molecule has 1 saturated heterocycles. The van der Waals surface area contributed by atoms with Crippen molar-refractivity contribution in [3.05, 3.63) is 22.3 Å². The van der Waals surface area contributed by atoms with Gasteiger partial charge in [-0.3, -0.25) is 4.72 Å². The molecule has 1 aliphatic rings. The molecule has 1 aliphatic heterocycles. The van der Waals surface area contributed by atoms with E-state index in [1.165, 1.54) is 0 Å². The summed E-state index contributed by atoms with van der Waals surface area (Å²) in [6.45, 7) is 3.22. The number of aromatic nitrogens is 1. The third-order valence-corrected chi connectivity index (χ3v) is 5.57. The zero-order valence-electron chi connectivity index (χ0n) is 10.1. The molecule has 1 aromatic heterocycles. The highest BCUT2D eigenvalue weighted by Crippen LogP contribution is 2.19. The van der Waals surface area contributed by atoms with Gasteiger partial charge >= 0.3 is 0 Å². The number of piperidine rings is 1. The van der Waals surface area contributed by atoms with E-state index in [1.54, 1.807) is 12.1 Å². The Morgan fingerprint density at radius 2 is 2.28 bits per heavy atom. The monoisotopic (exact) mass is 333 g/mol. The van der Waals surface area contributed by atoms with Crippen LogP contribution in [0.3, 0.4) is 0 Å². The summed E-state index contributed by atoms with van der Waals surface area (Å²) in [5.41, 5.74) is 0.761. The maximum absolute atomic E-state index is 12.1. The van der Waals surface area contributed by atoms with Crippen LogP contribution in [0.2, 0.25) is 0 Å². The molecule has 0 amide bonds. The predicted molar refractivity (Wildman–Crippen MR) is 75.1 cm³/mol. The maximum atomic E-state index is 12.1. The minimum atomic E-state index is -3.36. The summed E-state index contributed by atoms with van der Waals surface area (Å²) in [6, 6.07) is 3.45. The van der Waals surface area contributed by atoms with Gasteiger partial charge in [-0.2, -0.15) is 0 Å². The minimum absolute atomic E-state index is 0.376. The van der Waals surface area contributed by atoms with E-state index in [9.17, 15) is 8.42 Å². The van der Waals surface area contributed by atoms with Gasteiger partial charge < -0.3 is 5.32 Å². The molecule has 0 aliphatic carbocycles. The van der Waals surface area contributed by atoms with Gasteiger partial charge in [0.05, 0.1) is 10.9 Å². The molecule has 0 spiro atoms. The summed E-state index contributed by atoms with van der Waals surface area (Å²) in [6.07, 6.45) is 1.58. The molecule has 1 unspecified atom stereocenters. The molecule has 1 fully saturated rings. The van der Waals surface area contributed by atoms with Gasteiger partial charge in [-0.15, -0.1) is 0 Å². The van der Waals surface area contributed by atoms with Crippen LogP contribution < -0.4 is 10.0 Å². The van der Waals surface area contributed by atoms with E-state index in [0.717, 1.165) is 23.1 Å². The van der Waals surface area contributed by atoms with Crippen LogP contribution in [0.5, 0.6) is 0 Å². The molecule has 100 valence electrons. The SMILES string of the molecule is Cc1nc(NS(=O)(=O)C2CCCNC2)ccc1Br. The summed E-state index contributed by atoms with van der Waals surface area (Å²) in [7, 11) is -3.36. The molecule has 0 aromatic carbocycles. The maximum Gasteiger partial charge on any atom is 0.238 e. The van der Waals surface area contributed by atoms with Crippen molar-refractivity contribution in [3.8, 4) is 0 Å². The fourth-order valence-electron chi connectivity index (χ4n) is 1.91. The van der Waals surface area contributed by atoms with Gasteiger partial charge in [-0.25, -0.2) is 13.4 Å². The lowest BCUT2D eigenvalue weighted by molar-refractivity contribution is 0.499. The van der Waals surface area contributed by atoms with Crippen molar-refractivity contribution in [1.82, 2.24) is 10.3 Å². The second-order valence-corrected chi connectivity index (χ2v) is 7.19. The van der Waals surface area contributed by atoms with Crippen LogP contribution in [0.1, 0.15) is 18.5 Å². The van der Waals surface area contributed by atoms with Gasteiger partial charge in [-0.1, -0.05) is 0 Å². The first-order valence-electron chi connectivity index (χ1n) is 5.84. The van der Waals surface area contributed by atoms with Crippen LogP contribution in [0.15, 0.2) is 16.6 Å². The van der Waals surface area contributed by atoms with Crippen LogP contribution in [-0.2, 0) is 10.0 Å². The lowest BCUT2D eigenvalue weighted by Gasteiger charge is -2.23. The molecule has 0 bridgehead atoms. The van der Waals surface area contributed by atoms with Gasteiger partial charge in [0.1, 0.15) is 5.82 Å². The second-order valence-electron chi connectivity index (χ2n) is 4.38. The normalized spacial score (nSPS) is 20.7. The molecule has 2 rings (SSSR count). The number of hydrogen-bond acceptors (Lipinski definition) is 4. The molecule has 1 atom stereocenters. The number of hydrogen-bond donors (Lipinski definition) is 2. The standard InChI is InChI=1S/C11H16BrN3O2S/c1-8-10(12)4-5-11(14-8)15-18(16,17)9-3-2-6-13-7-9/h4-5,9,13H,2-3,6-7H2,1H3,(H,14,15). The average Bonchev–Trinajstić information content (AvgIpc) is 2.35. The Hall–Kier alpha value is -0.660. The van der Waals surface area contributed by atoms with Crippen molar-refractivity contribution in [2.75, 3.05) is 17.8 Å². The van der Waals surface area contributed by atoms with Gasteiger partial charge in [-0.05, 0) is 54.4 Å². The van der Waals surface area contributed by atoms with Crippen molar-refractivity contribution in [2.45, 2.75) is 25.0 Å². The number of nitrogens with zero attached hydrogens (tertiary/aromatic N) is 1. The molecule has 2 heterocycles. The first kappa shape index (κ1) is 13.8. The molecule has 1 aromatic rings. The van der Waals surface area contributed by atoms with E-state index in [4.69, 9.17) is 0 Å². The summed E-state index contributed by atoms with van der Waals surface area (Å²) in [5, 5.41) is 2.72. The van der Waals surface area contributed by atoms with Crippen molar-refractivity contribution < 1.29 is 8.42 Å². The Morgan fingerprint density at radius 3 is 2.89 bits per heavy atom. The first-order chi connectivity index (χ1) is 8.49. The van der Waals surface area contributed by atoms with E-state index in [-0.39, 0.29) is 5.25 Å². The molecule has 2 N–H and O–H groups in total. The highest BCUT2D eigenvalue weighted by Gasteiger charge is 2.27. The Morgan fingerprint density at radius 1 is 1.50 bits per heavy atom. The van der Waals surface area contributed by atoms with Crippen LogP contribution in [0, 0.1) is 6.92 Å². The molecular weight excluding hydrogens is 318 g/mol. The number of rotatable bonds is 3. The molecule has 0 radical (unpaired) electrons. The van der Waals surface area contributed by atoms with Crippen LogP contribution in [0.4, 0.5) is 5.82 Å². The van der Waals surface area contributed by atoms with E-state index < -0.39 is 10.0 Å². The Bertz CT molecular complexity index is 527. The topological polar surface area (TPSA) is 71.1 Å². The van der Waals surface area contributed by atoms with E-state index >= 15 is 0 Å². The smallest absolute Gasteiger partial charge is 0.238 e. The molecule has 0 saturated carbocycles. The number of halogens is 1. The number of nitrogens with one attached hydrogen (secondary N) is 2. The summed E-state index contributed by atoms with van der Waals surface area (Å²) in [5.74, 6) is 0.376. The number of sulfonamides is 1. The number of anilines is 1. The van der Waals surface area contributed by atoms with Gasteiger partial charge in [0.25, 0.3) is 0 Å². The van der Waals surface area contributed by atoms with E-state index in [0.29, 0.717) is 18.8 Å². The summed E-state index contributed by atoms with van der Waals surface area (Å²) in [4.78, 5) is 4.20. The Labute approximate surface area is 116 Å². The number of pyridine rings is 1. The highest BCUT2D eigenvalue weighted by atomic mass is 79.9. The van der Waals surface area contributed by atoms with Crippen molar-refractivity contribution in [3.63, 3.8) is 0 Å². The Kier molecular flexibility index (Phi) is 4.24. The van der Waals surface area contributed by atoms with E-state index in [2.05, 4.69) is 31.0 Å². The fourth-order valence-corrected chi connectivity index (χ4v) is 3.52. The van der Waals surface area contributed by atoms with Crippen LogP contribution in [0.25, 0.3) is 0 Å². The number of aryl methyl sites for hydroxylation is 1. The lowest BCUT2D eigenvalue weighted by atomic mass is 10.2. The highest BCUT2D eigenvalue weighted by molar-refractivity contribution is 9.10. The zero-order valence-corrected chi connectivity index (χ0v) is 12.5. The quantitative estimate of drug-likeness (QED) is 0.882. The minimum Gasteiger partial charge on any atom is -0.315 e. The molecule has 5 nitrogen and oxygen atoms in total. The largest absolute Gasteiger partial charge is 0.315 e. The predicted octanol–water partition coefficient (Wildman–Crippen LogP) is 1.65. The molecular formula is C11H16BrN3O2S. The fraction of sp³-hybridized carbons (Fsp3) is 0.545. The first-order valence-corrected chi connectivity index (χ1v) is 8.18. The van der Waals surface area contributed by atoms with E-state index in [1.807, 2.05) is 6.92 Å². The third kappa shape index (κ3) is 3.21. The van der Waals surface area contributed by atoms with Gasteiger partial charge in [0.2, 0.25) is 10.0 Å². The average molecular weight is 334 g/mol. The lowest BCUT2D eigenvalue weighted by Crippen LogP contribution is -2.41. The molecule has 7 heteroatoms. The summed E-state index contributed by atoms with van der Waals surface area (Å²) >= 11 is 3.34. The van der Waals surface area contributed by atoms with Crippen molar-refractivity contribution in [1.29, 1.82) is 0 Å². The zero-order chi connectivity index (χ0) is 13.2.